The van der Waals surface area contributed by atoms with Crippen LogP contribution in [-0.2, 0) is 9.53 Å². The van der Waals surface area contributed by atoms with Crippen LogP contribution in [0.1, 0.15) is 40.5 Å². The fourth-order valence-electron chi connectivity index (χ4n) is 1.15. The van der Waals surface area contributed by atoms with Crippen molar-refractivity contribution in [1.29, 1.82) is 0 Å². The van der Waals surface area contributed by atoms with E-state index in [2.05, 4.69) is 0 Å². The van der Waals surface area contributed by atoms with Crippen molar-refractivity contribution in [3.05, 3.63) is 11.6 Å². The van der Waals surface area contributed by atoms with E-state index >= 15 is 0 Å². The molecule has 0 radical (unpaired) electrons. The fraction of sp³-hybridized carbons (Fsp3) is 0.727. The van der Waals surface area contributed by atoms with E-state index < -0.39 is 11.9 Å². The van der Waals surface area contributed by atoms with E-state index in [1.165, 1.54) is 6.92 Å². The Balaban J connectivity index is 4.53. The molecule has 0 rings (SSSR count). The number of carbonyl (C=O) groups excluding carboxylic acids is 1. The van der Waals surface area contributed by atoms with Crippen LogP contribution < -0.4 is 0 Å². The molecule has 0 bridgehead atoms. The van der Waals surface area contributed by atoms with Gasteiger partial charge in [0.2, 0.25) is 0 Å². The SMILES string of the molecule is CCC(C=O)(CC=C(C)C)O[C@@H](C)O. The summed E-state index contributed by atoms with van der Waals surface area (Å²) < 4.78 is 5.23. The summed E-state index contributed by atoms with van der Waals surface area (Å²) in [4.78, 5) is 10.9. The van der Waals surface area contributed by atoms with E-state index in [1.807, 2.05) is 26.8 Å². The minimum atomic E-state index is -0.911. The average molecular weight is 200 g/mol. The highest BCUT2D eigenvalue weighted by atomic mass is 16.6. The van der Waals surface area contributed by atoms with Crippen LogP contribution in [0.3, 0.4) is 0 Å². The van der Waals surface area contributed by atoms with Gasteiger partial charge in [0.1, 0.15) is 5.60 Å². The summed E-state index contributed by atoms with van der Waals surface area (Å²) in [7, 11) is 0. The molecule has 1 unspecified atom stereocenters. The molecule has 0 aliphatic heterocycles. The van der Waals surface area contributed by atoms with Crippen molar-refractivity contribution in [3.63, 3.8) is 0 Å². The van der Waals surface area contributed by atoms with Crippen LogP contribution in [0.2, 0.25) is 0 Å². The van der Waals surface area contributed by atoms with Crippen LogP contribution in [0.4, 0.5) is 0 Å². The number of aliphatic hydroxyl groups excluding tert-OH is 1. The molecule has 0 saturated heterocycles. The number of rotatable bonds is 6. The van der Waals surface area contributed by atoms with Gasteiger partial charge in [0.25, 0.3) is 0 Å². The van der Waals surface area contributed by atoms with Crippen molar-refractivity contribution in [1.82, 2.24) is 0 Å². The predicted molar refractivity (Wildman–Crippen MR) is 55.9 cm³/mol. The average Bonchev–Trinajstić information content (AvgIpc) is 2.11. The smallest absolute Gasteiger partial charge is 0.153 e. The van der Waals surface area contributed by atoms with E-state index in [9.17, 15) is 4.79 Å². The van der Waals surface area contributed by atoms with Crippen LogP contribution in [0.25, 0.3) is 0 Å². The maximum atomic E-state index is 10.9. The first-order valence-electron chi connectivity index (χ1n) is 4.91. The number of aliphatic hydroxyl groups is 1. The lowest BCUT2D eigenvalue weighted by molar-refractivity contribution is -0.177. The number of aldehydes is 1. The molecule has 0 fully saturated rings. The van der Waals surface area contributed by atoms with E-state index in [0.29, 0.717) is 12.8 Å². The van der Waals surface area contributed by atoms with E-state index in [0.717, 1.165) is 11.9 Å². The van der Waals surface area contributed by atoms with Gasteiger partial charge in [-0.25, -0.2) is 0 Å². The lowest BCUT2D eigenvalue weighted by atomic mass is 9.97. The summed E-state index contributed by atoms with van der Waals surface area (Å²) in [6, 6.07) is 0. The Labute approximate surface area is 85.8 Å². The fourth-order valence-corrected chi connectivity index (χ4v) is 1.15. The molecule has 0 aromatic rings. The van der Waals surface area contributed by atoms with Gasteiger partial charge in [-0.2, -0.15) is 0 Å². The Bertz CT molecular complexity index is 205. The third-order valence-electron chi connectivity index (χ3n) is 2.07. The number of carbonyl (C=O) groups is 1. The molecule has 0 saturated carbocycles. The minimum absolute atomic E-state index is 0.514. The van der Waals surface area contributed by atoms with Crippen LogP contribution in [0.5, 0.6) is 0 Å². The molecular weight excluding hydrogens is 180 g/mol. The predicted octanol–water partition coefficient (Wildman–Crippen LogP) is 2.05. The zero-order valence-electron chi connectivity index (χ0n) is 9.41. The largest absolute Gasteiger partial charge is 0.368 e. The van der Waals surface area contributed by atoms with E-state index in [1.54, 1.807) is 0 Å². The molecule has 14 heavy (non-hydrogen) atoms. The monoisotopic (exact) mass is 200 g/mol. The van der Waals surface area contributed by atoms with Crippen molar-refractivity contribution in [2.75, 3.05) is 0 Å². The molecule has 3 nitrogen and oxygen atoms in total. The second-order valence-electron chi connectivity index (χ2n) is 3.74. The molecule has 82 valence electrons. The molecule has 0 heterocycles. The molecule has 1 N–H and O–H groups in total. The van der Waals surface area contributed by atoms with E-state index in [-0.39, 0.29) is 0 Å². The highest BCUT2D eigenvalue weighted by molar-refractivity contribution is 5.62. The van der Waals surface area contributed by atoms with E-state index in [4.69, 9.17) is 9.84 Å². The number of allylic oxidation sites excluding steroid dienone is 1. The maximum Gasteiger partial charge on any atom is 0.153 e. The van der Waals surface area contributed by atoms with Gasteiger partial charge in [-0.1, -0.05) is 18.6 Å². The summed E-state index contributed by atoms with van der Waals surface area (Å²) in [5, 5.41) is 9.11. The normalized spacial score (nSPS) is 16.9. The standard InChI is InChI=1S/C11H20O3/c1-5-11(8-12,14-10(4)13)7-6-9(2)3/h6,8,10,13H,5,7H2,1-4H3/t10-,11?/m0/s1. The van der Waals surface area contributed by atoms with Crippen LogP contribution >= 0.6 is 0 Å². The molecule has 0 aromatic carbocycles. The lowest BCUT2D eigenvalue weighted by Gasteiger charge is -2.27. The third kappa shape index (κ3) is 4.53. The van der Waals surface area contributed by atoms with Crippen molar-refractivity contribution in [2.45, 2.75) is 52.4 Å². The first kappa shape index (κ1) is 13.3. The summed E-state index contributed by atoms with van der Waals surface area (Å²) in [5.74, 6) is 0. The molecule has 0 amide bonds. The highest BCUT2D eigenvalue weighted by Crippen LogP contribution is 2.21. The summed E-state index contributed by atoms with van der Waals surface area (Å²) in [6.07, 6.45) is 2.89. The minimum Gasteiger partial charge on any atom is -0.368 e. The topological polar surface area (TPSA) is 46.5 Å². The molecule has 0 spiro atoms. The zero-order valence-corrected chi connectivity index (χ0v) is 9.41. The van der Waals surface area contributed by atoms with Crippen molar-refractivity contribution in [3.8, 4) is 0 Å². The second kappa shape index (κ2) is 5.94. The van der Waals surface area contributed by atoms with Crippen molar-refractivity contribution < 1.29 is 14.6 Å². The van der Waals surface area contributed by atoms with Crippen LogP contribution in [-0.4, -0.2) is 23.3 Å². The molecular formula is C11H20O3. The van der Waals surface area contributed by atoms with Gasteiger partial charge >= 0.3 is 0 Å². The maximum absolute atomic E-state index is 10.9. The van der Waals surface area contributed by atoms with Crippen LogP contribution in [0.15, 0.2) is 11.6 Å². The summed E-state index contributed by atoms with van der Waals surface area (Å²) in [6.45, 7) is 7.31. The quantitative estimate of drug-likeness (QED) is 0.405. The van der Waals surface area contributed by atoms with Crippen LogP contribution in [0, 0.1) is 0 Å². The lowest BCUT2D eigenvalue weighted by Crippen LogP contribution is -2.36. The van der Waals surface area contributed by atoms with Gasteiger partial charge in [-0.05, 0) is 27.2 Å². The van der Waals surface area contributed by atoms with Gasteiger partial charge < -0.3 is 14.6 Å². The Kier molecular flexibility index (Phi) is 5.65. The third-order valence-corrected chi connectivity index (χ3v) is 2.07. The molecule has 0 aliphatic carbocycles. The Hall–Kier alpha value is -0.670. The zero-order chi connectivity index (χ0) is 11.2. The first-order chi connectivity index (χ1) is 6.45. The Morgan fingerprint density at radius 2 is 2.14 bits per heavy atom. The molecule has 0 aromatic heterocycles. The van der Waals surface area contributed by atoms with Gasteiger partial charge in [-0.15, -0.1) is 0 Å². The van der Waals surface area contributed by atoms with Crippen molar-refractivity contribution in [2.24, 2.45) is 0 Å². The summed E-state index contributed by atoms with van der Waals surface area (Å²) >= 11 is 0. The molecule has 0 aliphatic rings. The number of hydrogen-bond donors (Lipinski definition) is 1. The molecule has 3 heteroatoms. The first-order valence-corrected chi connectivity index (χ1v) is 4.91. The van der Waals surface area contributed by atoms with Gasteiger partial charge in [0.15, 0.2) is 12.6 Å². The Morgan fingerprint density at radius 1 is 1.57 bits per heavy atom. The van der Waals surface area contributed by atoms with Crippen molar-refractivity contribution >= 4 is 6.29 Å². The Morgan fingerprint density at radius 3 is 2.43 bits per heavy atom. The second-order valence-corrected chi connectivity index (χ2v) is 3.74. The van der Waals surface area contributed by atoms with Gasteiger partial charge in [-0.3, -0.25) is 0 Å². The molecule has 2 atom stereocenters. The highest BCUT2D eigenvalue weighted by Gasteiger charge is 2.29. The number of ether oxygens (including phenoxy) is 1. The number of hydrogen-bond acceptors (Lipinski definition) is 3. The van der Waals surface area contributed by atoms with Gasteiger partial charge in [0.05, 0.1) is 0 Å². The summed E-state index contributed by atoms with van der Waals surface area (Å²) in [5.41, 5.74) is 0.268. The van der Waals surface area contributed by atoms with Gasteiger partial charge in [0, 0.05) is 6.42 Å².